The Balaban J connectivity index is 0. The molecule has 4 heteroatoms. The van der Waals surface area contributed by atoms with Gasteiger partial charge < -0.3 is 9.47 Å². The molecule has 0 saturated carbocycles. The zero-order valence-corrected chi connectivity index (χ0v) is 13.1. The van der Waals surface area contributed by atoms with Crippen molar-refractivity contribution >= 4 is 11.9 Å². The SMILES string of the molecule is C=CC(=C)C.C=CC(=O)OC(CCCCC)OC(=O)C=C. The van der Waals surface area contributed by atoms with Crippen LogP contribution >= 0.6 is 0 Å². The Labute approximate surface area is 127 Å². The van der Waals surface area contributed by atoms with E-state index in [1.165, 1.54) is 0 Å². The number of allylic oxidation sites excluding steroid dienone is 2. The van der Waals surface area contributed by atoms with E-state index in [2.05, 4.69) is 33.2 Å². The van der Waals surface area contributed by atoms with E-state index in [0.717, 1.165) is 37.0 Å². The van der Waals surface area contributed by atoms with Crippen LogP contribution in [0.4, 0.5) is 0 Å². The van der Waals surface area contributed by atoms with Crippen LogP contribution in [0, 0.1) is 0 Å². The molecule has 21 heavy (non-hydrogen) atoms. The van der Waals surface area contributed by atoms with Crippen molar-refractivity contribution in [3.63, 3.8) is 0 Å². The van der Waals surface area contributed by atoms with Crippen molar-refractivity contribution in [2.75, 3.05) is 0 Å². The lowest BCUT2D eigenvalue weighted by molar-refractivity contribution is -0.182. The van der Waals surface area contributed by atoms with E-state index in [0.29, 0.717) is 6.42 Å². The molecule has 118 valence electrons. The Morgan fingerprint density at radius 1 is 1.00 bits per heavy atom. The molecule has 0 rings (SSSR count). The number of rotatable bonds is 9. The first-order chi connectivity index (χ1) is 9.90. The van der Waals surface area contributed by atoms with E-state index < -0.39 is 18.2 Å². The summed E-state index contributed by atoms with van der Waals surface area (Å²) in [4.78, 5) is 21.9. The van der Waals surface area contributed by atoms with Crippen LogP contribution in [-0.2, 0) is 19.1 Å². The molecule has 0 saturated heterocycles. The van der Waals surface area contributed by atoms with Gasteiger partial charge in [-0.15, -0.1) is 0 Å². The van der Waals surface area contributed by atoms with Gasteiger partial charge in [0.1, 0.15) is 0 Å². The molecule has 0 spiro atoms. The standard InChI is InChI=1S/C12H18O4.C5H8/c1-4-7-8-9-12(15-10(13)5-2)16-11(14)6-3;1-4-5(2)3/h5-6,12H,2-4,7-9H2,1H3;4H,1-2H2,3H3. The van der Waals surface area contributed by atoms with Crippen LogP contribution in [0.25, 0.3) is 0 Å². The first-order valence-electron chi connectivity index (χ1n) is 6.85. The van der Waals surface area contributed by atoms with Gasteiger partial charge in [0.15, 0.2) is 0 Å². The number of ether oxygens (including phenoxy) is 2. The van der Waals surface area contributed by atoms with Crippen molar-refractivity contribution in [1.29, 1.82) is 0 Å². The summed E-state index contributed by atoms with van der Waals surface area (Å²) in [7, 11) is 0. The molecule has 0 aliphatic rings. The van der Waals surface area contributed by atoms with E-state index in [1.807, 2.05) is 6.92 Å². The molecule has 0 aromatic rings. The largest absolute Gasteiger partial charge is 0.422 e. The minimum absolute atomic E-state index is 0.493. The molecule has 0 fully saturated rings. The van der Waals surface area contributed by atoms with Crippen molar-refractivity contribution in [2.45, 2.75) is 45.8 Å². The quantitative estimate of drug-likeness (QED) is 0.211. The Kier molecular flexibility index (Phi) is 14.5. The van der Waals surface area contributed by atoms with Crippen molar-refractivity contribution in [2.24, 2.45) is 0 Å². The van der Waals surface area contributed by atoms with Gasteiger partial charge in [-0.3, -0.25) is 0 Å². The average Bonchev–Trinajstić information content (AvgIpc) is 2.47. The lowest BCUT2D eigenvalue weighted by Gasteiger charge is -2.16. The van der Waals surface area contributed by atoms with Gasteiger partial charge in [-0.2, -0.15) is 0 Å². The maximum Gasteiger partial charge on any atom is 0.333 e. The van der Waals surface area contributed by atoms with Crippen LogP contribution in [0.3, 0.4) is 0 Å². The van der Waals surface area contributed by atoms with E-state index >= 15 is 0 Å². The van der Waals surface area contributed by atoms with Crippen LogP contribution < -0.4 is 0 Å². The molecule has 0 heterocycles. The number of hydrogen-bond donors (Lipinski definition) is 0. The predicted molar refractivity (Wildman–Crippen MR) is 85.5 cm³/mol. The molecule has 0 radical (unpaired) electrons. The highest BCUT2D eigenvalue weighted by Crippen LogP contribution is 2.09. The van der Waals surface area contributed by atoms with Crippen molar-refractivity contribution in [1.82, 2.24) is 0 Å². The van der Waals surface area contributed by atoms with Crippen molar-refractivity contribution in [3.05, 3.63) is 50.1 Å². The van der Waals surface area contributed by atoms with Crippen LogP contribution in [0.15, 0.2) is 50.1 Å². The molecular formula is C17H26O4. The summed E-state index contributed by atoms with van der Waals surface area (Å²) in [5.74, 6) is -1.20. The Bertz CT molecular complexity index is 347. The fourth-order valence-corrected chi connectivity index (χ4v) is 1.06. The van der Waals surface area contributed by atoms with Gasteiger partial charge in [0.25, 0.3) is 0 Å². The topological polar surface area (TPSA) is 52.6 Å². The number of hydrogen-bond acceptors (Lipinski definition) is 4. The second-order valence-corrected chi connectivity index (χ2v) is 4.26. The average molecular weight is 294 g/mol. The van der Waals surface area contributed by atoms with Gasteiger partial charge in [0, 0.05) is 18.6 Å². The maximum atomic E-state index is 11.0. The third-order valence-corrected chi connectivity index (χ3v) is 2.22. The lowest BCUT2D eigenvalue weighted by Crippen LogP contribution is -2.23. The normalized spacial score (nSPS) is 8.90. The zero-order valence-electron chi connectivity index (χ0n) is 13.1. The summed E-state index contributed by atoms with van der Waals surface area (Å²) in [5.41, 5.74) is 1.02. The molecule has 4 nitrogen and oxygen atoms in total. The summed E-state index contributed by atoms with van der Waals surface area (Å²) in [6, 6.07) is 0. The Morgan fingerprint density at radius 3 is 1.71 bits per heavy atom. The molecule has 0 aliphatic carbocycles. The summed E-state index contributed by atoms with van der Waals surface area (Å²) in [5, 5.41) is 0. The number of unbranched alkanes of at least 4 members (excludes halogenated alkanes) is 2. The highest BCUT2D eigenvalue weighted by atomic mass is 16.7. The van der Waals surface area contributed by atoms with Crippen molar-refractivity contribution < 1.29 is 19.1 Å². The molecule has 0 aromatic carbocycles. The fourth-order valence-electron chi connectivity index (χ4n) is 1.06. The van der Waals surface area contributed by atoms with Crippen LogP contribution in [0.5, 0.6) is 0 Å². The number of carbonyl (C=O) groups is 2. The van der Waals surface area contributed by atoms with Crippen LogP contribution in [0.2, 0.25) is 0 Å². The third-order valence-electron chi connectivity index (χ3n) is 2.22. The highest BCUT2D eigenvalue weighted by Gasteiger charge is 2.15. The number of esters is 2. The molecule has 0 N–H and O–H groups in total. The third kappa shape index (κ3) is 15.8. The van der Waals surface area contributed by atoms with Gasteiger partial charge in [-0.05, 0) is 13.3 Å². The molecule has 0 atom stereocenters. The van der Waals surface area contributed by atoms with Gasteiger partial charge >= 0.3 is 11.9 Å². The number of carbonyl (C=O) groups excluding carboxylic acids is 2. The minimum atomic E-state index is -0.845. The van der Waals surface area contributed by atoms with E-state index in [9.17, 15) is 9.59 Å². The zero-order chi connectivity index (χ0) is 16.7. The van der Waals surface area contributed by atoms with Gasteiger partial charge in [0.05, 0.1) is 0 Å². The second-order valence-electron chi connectivity index (χ2n) is 4.26. The van der Waals surface area contributed by atoms with Gasteiger partial charge in [-0.25, -0.2) is 9.59 Å². The van der Waals surface area contributed by atoms with Crippen LogP contribution in [-0.4, -0.2) is 18.2 Å². The highest BCUT2D eigenvalue weighted by molar-refractivity contribution is 5.82. The first-order valence-corrected chi connectivity index (χ1v) is 6.85. The second kappa shape index (κ2) is 14.3. The molecule has 0 amide bonds. The smallest absolute Gasteiger partial charge is 0.333 e. The fraction of sp³-hybridized carbons (Fsp3) is 0.412. The summed E-state index contributed by atoms with van der Waals surface area (Å²) < 4.78 is 9.74. The lowest BCUT2D eigenvalue weighted by atomic mass is 10.2. The Hall–Kier alpha value is -2.10. The predicted octanol–water partition coefficient (Wildman–Crippen LogP) is 4.10. The van der Waals surface area contributed by atoms with E-state index in [4.69, 9.17) is 9.47 Å². The van der Waals surface area contributed by atoms with E-state index in [-0.39, 0.29) is 0 Å². The molecule has 0 aliphatic heterocycles. The summed E-state index contributed by atoms with van der Waals surface area (Å²) in [6.45, 7) is 17.5. The molecule has 0 aromatic heterocycles. The molecular weight excluding hydrogens is 268 g/mol. The first kappa shape index (κ1) is 21.2. The maximum absolute atomic E-state index is 11.0. The van der Waals surface area contributed by atoms with Crippen molar-refractivity contribution in [3.8, 4) is 0 Å². The minimum Gasteiger partial charge on any atom is -0.422 e. The van der Waals surface area contributed by atoms with Crippen LogP contribution in [0.1, 0.15) is 39.5 Å². The monoisotopic (exact) mass is 294 g/mol. The molecule has 0 unspecified atom stereocenters. The van der Waals surface area contributed by atoms with Gasteiger partial charge in [0.2, 0.25) is 6.29 Å². The van der Waals surface area contributed by atoms with E-state index in [1.54, 1.807) is 6.08 Å². The summed E-state index contributed by atoms with van der Waals surface area (Å²) in [6.07, 6.45) is 6.31. The Morgan fingerprint density at radius 2 is 1.43 bits per heavy atom. The molecule has 0 bridgehead atoms. The summed E-state index contributed by atoms with van der Waals surface area (Å²) >= 11 is 0. The van der Waals surface area contributed by atoms with Gasteiger partial charge in [-0.1, -0.05) is 57.7 Å².